The fraction of sp³-hybridized carbons (Fsp3) is 0.250. The predicted octanol–water partition coefficient (Wildman–Crippen LogP) is 3.42. The zero-order valence-electron chi connectivity index (χ0n) is 15.6. The second-order valence-corrected chi connectivity index (χ2v) is 7.76. The smallest absolute Gasteiger partial charge is 0.248 e. The van der Waals surface area contributed by atoms with E-state index in [0.29, 0.717) is 12.1 Å². The number of nitrogens with one attached hydrogen (secondary N) is 2. The third-order valence-corrected chi connectivity index (χ3v) is 5.55. The van der Waals surface area contributed by atoms with Gasteiger partial charge in [-0.3, -0.25) is 4.79 Å². The molecule has 0 saturated heterocycles. The topological polar surface area (TPSA) is 84.5 Å². The van der Waals surface area contributed by atoms with E-state index in [1.54, 1.807) is 32.2 Å². The van der Waals surface area contributed by atoms with E-state index < -0.39 is 10.0 Å². The molecule has 1 unspecified atom stereocenters. The Morgan fingerprint density at radius 1 is 1.11 bits per heavy atom. The van der Waals surface area contributed by atoms with Crippen molar-refractivity contribution in [1.82, 2.24) is 4.72 Å². The molecule has 0 spiro atoms. The Bertz CT molecular complexity index is 889. The molecule has 2 aromatic rings. The van der Waals surface area contributed by atoms with Crippen LogP contribution < -0.4 is 14.8 Å². The van der Waals surface area contributed by atoms with Crippen LogP contribution in [0.15, 0.2) is 59.5 Å². The Balaban J connectivity index is 1.98. The summed E-state index contributed by atoms with van der Waals surface area (Å²) < 4.78 is 32.1. The second-order valence-electron chi connectivity index (χ2n) is 6.05. The highest BCUT2D eigenvalue weighted by atomic mass is 32.2. The molecule has 2 rings (SSSR count). The monoisotopic (exact) mass is 388 g/mol. The van der Waals surface area contributed by atoms with Gasteiger partial charge in [-0.15, -0.1) is 0 Å². The summed E-state index contributed by atoms with van der Waals surface area (Å²) in [5.74, 6) is 0.439. The van der Waals surface area contributed by atoms with Crippen molar-refractivity contribution in [3.63, 3.8) is 0 Å². The van der Waals surface area contributed by atoms with Gasteiger partial charge in [0.05, 0.1) is 12.0 Å². The fourth-order valence-corrected chi connectivity index (χ4v) is 3.53. The van der Waals surface area contributed by atoms with Crippen molar-refractivity contribution in [1.29, 1.82) is 0 Å². The van der Waals surface area contributed by atoms with Crippen LogP contribution in [0.2, 0.25) is 0 Å². The van der Waals surface area contributed by atoms with Crippen molar-refractivity contribution < 1.29 is 17.9 Å². The minimum atomic E-state index is -3.56. The first-order chi connectivity index (χ1) is 12.8. The van der Waals surface area contributed by atoms with Crippen molar-refractivity contribution in [2.75, 3.05) is 12.4 Å². The summed E-state index contributed by atoms with van der Waals surface area (Å²) in [7, 11) is -1.96. The number of benzene rings is 2. The molecule has 0 heterocycles. The van der Waals surface area contributed by atoms with Gasteiger partial charge in [0.2, 0.25) is 15.9 Å². The van der Waals surface area contributed by atoms with Gasteiger partial charge < -0.3 is 10.1 Å². The van der Waals surface area contributed by atoms with Crippen LogP contribution in [-0.2, 0) is 14.8 Å². The summed E-state index contributed by atoms with van der Waals surface area (Å²) >= 11 is 0. The number of hydrogen-bond donors (Lipinski definition) is 2. The number of sulfonamides is 1. The van der Waals surface area contributed by atoms with Crippen LogP contribution in [0.3, 0.4) is 0 Å². The van der Waals surface area contributed by atoms with E-state index in [0.717, 1.165) is 11.3 Å². The first kappa shape index (κ1) is 20.7. The molecule has 2 aromatic carbocycles. The third kappa shape index (κ3) is 6.23. The van der Waals surface area contributed by atoms with Crippen molar-refractivity contribution in [2.45, 2.75) is 31.2 Å². The molecular weight excluding hydrogens is 364 g/mol. The van der Waals surface area contributed by atoms with Crippen LogP contribution in [-0.4, -0.2) is 27.5 Å². The van der Waals surface area contributed by atoms with E-state index in [4.69, 9.17) is 4.74 Å². The highest BCUT2D eigenvalue weighted by molar-refractivity contribution is 7.89. The number of carbonyl (C=O) groups excluding carboxylic acids is 1. The maximum Gasteiger partial charge on any atom is 0.248 e. The average Bonchev–Trinajstić information content (AvgIpc) is 2.66. The second kappa shape index (κ2) is 9.34. The van der Waals surface area contributed by atoms with Gasteiger partial charge in [-0.2, -0.15) is 0 Å². The highest BCUT2D eigenvalue weighted by Gasteiger charge is 2.16. The van der Waals surface area contributed by atoms with Gasteiger partial charge in [-0.1, -0.05) is 19.1 Å². The standard InChI is InChI=1S/C20H24N2O4S/c1-4-15(2)22-27(24,25)19-12-8-17(9-13-19)21-20(23)14-7-16-5-10-18(26-3)11-6-16/h5-15,22H,4H2,1-3H3,(H,21,23)/b14-7+. The first-order valence-electron chi connectivity index (χ1n) is 8.59. The minimum Gasteiger partial charge on any atom is -0.497 e. The zero-order valence-corrected chi connectivity index (χ0v) is 16.4. The molecule has 0 saturated carbocycles. The molecule has 0 aliphatic carbocycles. The molecule has 0 aliphatic heterocycles. The molecule has 6 nitrogen and oxygen atoms in total. The van der Waals surface area contributed by atoms with Gasteiger partial charge in [-0.25, -0.2) is 13.1 Å². The number of rotatable bonds is 8. The fourth-order valence-electron chi connectivity index (χ4n) is 2.20. The number of methoxy groups -OCH3 is 1. The average molecular weight is 388 g/mol. The molecule has 1 atom stereocenters. The van der Waals surface area contributed by atoms with Crippen molar-refractivity contribution >= 4 is 27.7 Å². The number of ether oxygens (including phenoxy) is 1. The maximum absolute atomic E-state index is 12.2. The van der Waals surface area contributed by atoms with E-state index in [1.165, 1.54) is 18.2 Å². The predicted molar refractivity (Wildman–Crippen MR) is 107 cm³/mol. The summed E-state index contributed by atoms with van der Waals surface area (Å²) in [6.07, 6.45) is 3.80. The normalized spacial score (nSPS) is 12.7. The van der Waals surface area contributed by atoms with Crippen LogP contribution in [0.1, 0.15) is 25.8 Å². The Hall–Kier alpha value is -2.64. The van der Waals surface area contributed by atoms with Gasteiger partial charge in [-0.05, 0) is 61.4 Å². The van der Waals surface area contributed by atoms with E-state index in [-0.39, 0.29) is 16.8 Å². The van der Waals surface area contributed by atoms with E-state index in [2.05, 4.69) is 10.0 Å². The van der Waals surface area contributed by atoms with Crippen LogP contribution in [0.25, 0.3) is 6.08 Å². The summed E-state index contributed by atoms with van der Waals surface area (Å²) in [6, 6.07) is 13.2. The molecule has 0 aromatic heterocycles. The summed E-state index contributed by atoms with van der Waals surface area (Å²) in [5.41, 5.74) is 1.38. The molecule has 2 N–H and O–H groups in total. The Morgan fingerprint density at radius 3 is 2.30 bits per heavy atom. The van der Waals surface area contributed by atoms with Crippen molar-refractivity contribution in [2.24, 2.45) is 0 Å². The van der Waals surface area contributed by atoms with E-state index in [9.17, 15) is 13.2 Å². The largest absolute Gasteiger partial charge is 0.497 e. The molecule has 27 heavy (non-hydrogen) atoms. The Labute approximate surface area is 160 Å². The molecule has 0 fully saturated rings. The van der Waals surface area contributed by atoms with E-state index in [1.807, 2.05) is 31.2 Å². The van der Waals surface area contributed by atoms with Crippen molar-refractivity contribution in [3.05, 3.63) is 60.2 Å². The number of carbonyl (C=O) groups is 1. The van der Waals surface area contributed by atoms with Crippen LogP contribution in [0.4, 0.5) is 5.69 Å². The van der Waals surface area contributed by atoms with Gasteiger partial charge in [0.25, 0.3) is 0 Å². The molecule has 144 valence electrons. The lowest BCUT2D eigenvalue weighted by Gasteiger charge is -2.12. The van der Waals surface area contributed by atoms with Crippen LogP contribution in [0.5, 0.6) is 5.75 Å². The third-order valence-electron chi connectivity index (χ3n) is 3.94. The molecule has 0 aliphatic rings. The number of hydrogen-bond acceptors (Lipinski definition) is 4. The lowest BCUT2D eigenvalue weighted by atomic mass is 10.2. The Kier molecular flexibility index (Phi) is 7.15. The molecular formula is C20H24N2O4S. The lowest BCUT2D eigenvalue weighted by Crippen LogP contribution is -2.31. The van der Waals surface area contributed by atoms with Gasteiger partial charge in [0.1, 0.15) is 5.75 Å². The quantitative estimate of drug-likeness (QED) is 0.679. The summed E-state index contributed by atoms with van der Waals surface area (Å²) in [6.45, 7) is 3.71. The van der Waals surface area contributed by atoms with Crippen LogP contribution >= 0.6 is 0 Å². The van der Waals surface area contributed by atoms with Gasteiger partial charge >= 0.3 is 0 Å². The van der Waals surface area contributed by atoms with Crippen molar-refractivity contribution in [3.8, 4) is 5.75 Å². The van der Waals surface area contributed by atoms with E-state index >= 15 is 0 Å². The lowest BCUT2D eigenvalue weighted by molar-refractivity contribution is -0.111. The molecule has 0 bridgehead atoms. The molecule has 7 heteroatoms. The van der Waals surface area contributed by atoms with Gasteiger partial charge in [0.15, 0.2) is 0 Å². The maximum atomic E-state index is 12.2. The molecule has 1 amide bonds. The molecule has 0 radical (unpaired) electrons. The number of amides is 1. The Morgan fingerprint density at radius 2 is 1.74 bits per heavy atom. The van der Waals surface area contributed by atoms with Gasteiger partial charge in [0, 0.05) is 17.8 Å². The summed E-state index contributed by atoms with van der Waals surface area (Å²) in [4.78, 5) is 12.2. The zero-order chi connectivity index (χ0) is 19.9. The minimum absolute atomic E-state index is 0.141. The van der Waals surface area contributed by atoms with Crippen LogP contribution in [0, 0.1) is 0 Å². The SMILES string of the molecule is CCC(C)NS(=O)(=O)c1ccc(NC(=O)/C=C/c2ccc(OC)cc2)cc1. The number of anilines is 1. The first-order valence-corrected chi connectivity index (χ1v) is 10.1. The highest BCUT2D eigenvalue weighted by Crippen LogP contribution is 2.15. The summed E-state index contributed by atoms with van der Waals surface area (Å²) in [5, 5.41) is 2.70.